The summed E-state index contributed by atoms with van der Waals surface area (Å²) >= 11 is 6.59. The van der Waals surface area contributed by atoms with Gasteiger partial charge in [0.05, 0.1) is 17.6 Å². The summed E-state index contributed by atoms with van der Waals surface area (Å²) in [5.74, 6) is 2.38. The van der Waals surface area contributed by atoms with E-state index in [1.165, 1.54) is 11.8 Å². The quantitative estimate of drug-likeness (QED) is 0.390. The molecule has 0 spiro atoms. The molecule has 0 N–H and O–H groups in total. The van der Waals surface area contributed by atoms with Crippen LogP contribution in [0, 0.1) is 6.92 Å². The highest BCUT2D eigenvalue weighted by atomic mass is 32.2. The van der Waals surface area contributed by atoms with Gasteiger partial charge in [0.25, 0.3) is 0 Å². The molecule has 3 aromatic rings. The number of Topliss-reactive ketones (excluding diaryl/α,β-unsaturated/α-hetero) is 1. The van der Waals surface area contributed by atoms with Crippen LogP contribution in [0.15, 0.2) is 59.0 Å². The smallest absolute Gasteiger partial charge is 0.226 e. The Morgan fingerprint density at radius 2 is 1.83 bits per heavy atom. The van der Waals surface area contributed by atoms with Gasteiger partial charge in [0.1, 0.15) is 17.3 Å². The van der Waals surface area contributed by atoms with Gasteiger partial charge >= 0.3 is 0 Å². The van der Waals surface area contributed by atoms with Gasteiger partial charge in [-0.25, -0.2) is 4.98 Å². The molecule has 0 aliphatic rings. The molecule has 0 aliphatic heterocycles. The fraction of sp³-hybridized carbons (Fsp3) is 0.292. The van der Waals surface area contributed by atoms with Crippen LogP contribution in [0.5, 0.6) is 5.75 Å². The van der Waals surface area contributed by atoms with Crippen molar-refractivity contribution < 1.29 is 13.9 Å². The van der Waals surface area contributed by atoms with Crippen LogP contribution >= 0.6 is 24.0 Å². The summed E-state index contributed by atoms with van der Waals surface area (Å²) < 4.78 is 12.5. The van der Waals surface area contributed by atoms with Crippen molar-refractivity contribution in [3.05, 3.63) is 71.6 Å². The highest BCUT2D eigenvalue weighted by Gasteiger charge is 2.16. The average Bonchev–Trinajstić information content (AvgIpc) is 3.10. The fourth-order valence-electron chi connectivity index (χ4n) is 3.03. The minimum absolute atomic E-state index is 0.136. The van der Waals surface area contributed by atoms with Gasteiger partial charge in [-0.3, -0.25) is 4.79 Å². The molecule has 1 atom stereocenters. The molecular formula is C24H25NO3S2. The first kappa shape index (κ1) is 22.2. The largest absolute Gasteiger partial charge is 0.493 e. The van der Waals surface area contributed by atoms with E-state index < -0.39 is 0 Å². The molecule has 1 heterocycles. The zero-order valence-electron chi connectivity index (χ0n) is 17.4. The molecule has 156 valence electrons. The molecule has 0 amide bonds. The van der Waals surface area contributed by atoms with Crippen molar-refractivity contribution in [2.24, 2.45) is 0 Å². The number of carbonyl (C=O) groups excluding carboxylic acids is 1. The van der Waals surface area contributed by atoms with Crippen molar-refractivity contribution in [1.29, 1.82) is 0 Å². The van der Waals surface area contributed by atoms with E-state index >= 15 is 0 Å². The van der Waals surface area contributed by atoms with Crippen LogP contribution in [0.3, 0.4) is 0 Å². The first-order chi connectivity index (χ1) is 14.4. The molecule has 0 bridgehead atoms. The van der Waals surface area contributed by atoms with Crippen molar-refractivity contribution in [2.45, 2.75) is 38.9 Å². The van der Waals surface area contributed by atoms with E-state index in [9.17, 15) is 4.79 Å². The number of thioether (sulfide) groups is 1. The van der Waals surface area contributed by atoms with Crippen LogP contribution < -0.4 is 4.74 Å². The molecule has 4 nitrogen and oxygen atoms in total. The second kappa shape index (κ2) is 10.5. The van der Waals surface area contributed by atoms with Crippen LogP contribution in [-0.4, -0.2) is 26.8 Å². The zero-order chi connectivity index (χ0) is 21.5. The molecule has 0 radical (unpaired) electrons. The third kappa shape index (κ3) is 6.28. The Morgan fingerprint density at radius 3 is 2.47 bits per heavy atom. The SMILES string of the molecule is CC(=O)C(Cc1ccc(OCCc2nc(-c3ccccc3)oc2C)cc1)SC(C)=S. The summed E-state index contributed by atoms with van der Waals surface area (Å²) in [6.45, 7) is 5.90. The minimum atomic E-state index is -0.136. The van der Waals surface area contributed by atoms with E-state index in [0.29, 0.717) is 25.3 Å². The van der Waals surface area contributed by atoms with Crippen LogP contribution in [0.25, 0.3) is 11.5 Å². The van der Waals surface area contributed by atoms with E-state index in [-0.39, 0.29) is 11.0 Å². The third-order valence-electron chi connectivity index (χ3n) is 4.63. The van der Waals surface area contributed by atoms with E-state index in [0.717, 1.165) is 32.5 Å². The molecule has 0 aliphatic carbocycles. The molecule has 1 aromatic heterocycles. The van der Waals surface area contributed by atoms with Gasteiger partial charge in [0, 0.05) is 16.2 Å². The number of aryl methyl sites for hydroxylation is 1. The Labute approximate surface area is 187 Å². The molecule has 1 unspecified atom stereocenters. The molecule has 2 aromatic carbocycles. The molecular weight excluding hydrogens is 414 g/mol. The average molecular weight is 440 g/mol. The first-order valence-electron chi connectivity index (χ1n) is 9.83. The Bertz CT molecular complexity index is 997. The molecule has 0 saturated heterocycles. The van der Waals surface area contributed by atoms with Crippen LogP contribution in [0.1, 0.15) is 30.9 Å². The van der Waals surface area contributed by atoms with Crippen LogP contribution in [-0.2, 0) is 17.6 Å². The summed E-state index contributed by atoms with van der Waals surface area (Å²) in [7, 11) is 0. The maximum Gasteiger partial charge on any atom is 0.226 e. The standard InChI is InChI=1S/C24H25NO3S2/c1-16(26)23(30-18(3)29)15-19-9-11-21(12-10-19)27-14-13-22-17(2)28-24(25-22)20-7-5-4-6-8-20/h4-12,23H,13-15H2,1-3H3. The van der Waals surface area contributed by atoms with Crippen molar-refractivity contribution >= 4 is 34.0 Å². The minimum Gasteiger partial charge on any atom is -0.493 e. The number of hydrogen-bond acceptors (Lipinski definition) is 6. The van der Waals surface area contributed by atoms with Gasteiger partial charge in [0.15, 0.2) is 0 Å². The van der Waals surface area contributed by atoms with Gasteiger partial charge < -0.3 is 9.15 Å². The second-order valence-electron chi connectivity index (χ2n) is 7.04. The molecule has 6 heteroatoms. The number of nitrogens with zero attached hydrogens (tertiary/aromatic N) is 1. The number of thiocarbonyl (C=S) groups is 1. The number of oxazole rings is 1. The highest BCUT2D eigenvalue weighted by molar-refractivity contribution is 8.23. The van der Waals surface area contributed by atoms with E-state index in [4.69, 9.17) is 21.4 Å². The van der Waals surface area contributed by atoms with Gasteiger partial charge in [-0.2, -0.15) is 0 Å². The first-order valence-corrected chi connectivity index (χ1v) is 11.1. The summed E-state index contributed by atoms with van der Waals surface area (Å²) in [4.78, 5) is 16.4. The molecule has 0 fully saturated rings. The number of benzene rings is 2. The summed E-state index contributed by atoms with van der Waals surface area (Å²) in [5, 5.41) is -0.136. The van der Waals surface area contributed by atoms with Crippen molar-refractivity contribution in [1.82, 2.24) is 4.98 Å². The Balaban J connectivity index is 1.54. The van der Waals surface area contributed by atoms with Crippen molar-refractivity contribution in [2.75, 3.05) is 6.61 Å². The maximum absolute atomic E-state index is 11.8. The zero-order valence-corrected chi connectivity index (χ0v) is 19.0. The molecule has 30 heavy (non-hydrogen) atoms. The molecule has 3 rings (SSSR count). The number of carbonyl (C=O) groups is 1. The molecule has 0 saturated carbocycles. The number of rotatable bonds is 9. The summed E-state index contributed by atoms with van der Waals surface area (Å²) in [6, 6.07) is 17.7. The maximum atomic E-state index is 11.8. The lowest BCUT2D eigenvalue weighted by molar-refractivity contribution is -0.116. The van der Waals surface area contributed by atoms with Crippen LogP contribution in [0.4, 0.5) is 0 Å². The Hall–Kier alpha value is -2.44. The highest BCUT2D eigenvalue weighted by Crippen LogP contribution is 2.23. The summed E-state index contributed by atoms with van der Waals surface area (Å²) in [5.41, 5.74) is 2.96. The number of ketones is 1. The second-order valence-corrected chi connectivity index (χ2v) is 9.33. The fourth-order valence-corrected chi connectivity index (χ4v) is 4.23. The predicted octanol–water partition coefficient (Wildman–Crippen LogP) is 5.85. The predicted molar refractivity (Wildman–Crippen MR) is 126 cm³/mol. The Kier molecular flexibility index (Phi) is 7.82. The van der Waals surface area contributed by atoms with Gasteiger partial charge in [0.2, 0.25) is 5.89 Å². The van der Waals surface area contributed by atoms with Gasteiger partial charge in [-0.1, -0.05) is 42.5 Å². The van der Waals surface area contributed by atoms with Crippen molar-refractivity contribution in [3.63, 3.8) is 0 Å². The third-order valence-corrected chi connectivity index (χ3v) is 6.03. The lowest BCUT2D eigenvalue weighted by Crippen LogP contribution is -2.18. The van der Waals surface area contributed by atoms with Gasteiger partial charge in [-0.15, -0.1) is 11.8 Å². The lowest BCUT2D eigenvalue weighted by Gasteiger charge is -2.13. The summed E-state index contributed by atoms with van der Waals surface area (Å²) in [6.07, 6.45) is 1.33. The van der Waals surface area contributed by atoms with E-state index in [2.05, 4.69) is 4.98 Å². The van der Waals surface area contributed by atoms with Crippen LogP contribution in [0.2, 0.25) is 0 Å². The number of hydrogen-bond donors (Lipinski definition) is 0. The monoisotopic (exact) mass is 439 g/mol. The normalized spacial score (nSPS) is 11.8. The van der Waals surface area contributed by atoms with E-state index in [1.807, 2.05) is 68.4 Å². The van der Waals surface area contributed by atoms with Gasteiger partial charge in [-0.05, 0) is 57.0 Å². The number of ether oxygens (including phenoxy) is 1. The topological polar surface area (TPSA) is 52.3 Å². The van der Waals surface area contributed by atoms with Crippen molar-refractivity contribution in [3.8, 4) is 17.2 Å². The van der Waals surface area contributed by atoms with E-state index in [1.54, 1.807) is 6.92 Å². The number of aromatic nitrogens is 1. The lowest BCUT2D eigenvalue weighted by atomic mass is 10.1. The Morgan fingerprint density at radius 1 is 1.13 bits per heavy atom.